The van der Waals surface area contributed by atoms with Crippen molar-refractivity contribution in [1.82, 2.24) is 0 Å². The molecule has 0 amide bonds. The molecule has 0 aliphatic carbocycles. The minimum atomic E-state index is -0.365. The Morgan fingerprint density at radius 2 is 1.14 bits per heavy atom. The van der Waals surface area contributed by atoms with Gasteiger partial charge in [0.05, 0.1) is 12.2 Å². The van der Waals surface area contributed by atoms with Crippen LogP contribution < -0.4 is 0 Å². The highest BCUT2D eigenvalue weighted by atomic mass is 16.5. The molecule has 146 valence electrons. The zero-order chi connectivity index (χ0) is 20.6. The van der Waals surface area contributed by atoms with Crippen molar-refractivity contribution < 1.29 is 19.1 Å². The monoisotopic (exact) mass is 386 g/mol. The maximum Gasteiger partial charge on any atom is 0.338 e. The first-order chi connectivity index (χ1) is 14.1. The zero-order valence-electron chi connectivity index (χ0n) is 16.3. The van der Waals surface area contributed by atoms with Crippen LogP contribution in [0.2, 0.25) is 0 Å². The molecule has 3 aromatic carbocycles. The van der Waals surface area contributed by atoms with Crippen molar-refractivity contribution in [1.29, 1.82) is 0 Å². The summed E-state index contributed by atoms with van der Waals surface area (Å²) in [4.78, 5) is 36.5. The number of Topliss-reactive ketones (excluding diaryl/α,β-unsaturated/α-hetero) is 1. The first-order valence-corrected chi connectivity index (χ1v) is 9.53. The summed E-state index contributed by atoms with van der Waals surface area (Å²) in [5, 5.41) is 0. The van der Waals surface area contributed by atoms with Crippen LogP contribution in [-0.4, -0.2) is 24.1 Å². The smallest absolute Gasteiger partial charge is 0.338 e. The third-order valence-electron chi connectivity index (χ3n) is 4.52. The molecule has 3 rings (SSSR count). The fourth-order valence-corrected chi connectivity index (χ4v) is 3.02. The number of carbonyl (C=O) groups is 3. The number of ketones is 2. The number of hydrogen-bond donors (Lipinski definition) is 0. The van der Waals surface area contributed by atoms with Crippen molar-refractivity contribution in [3.05, 3.63) is 107 Å². The Hall–Kier alpha value is -3.53. The van der Waals surface area contributed by atoms with Crippen molar-refractivity contribution in [2.75, 3.05) is 6.61 Å². The van der Waals surface area contributed by atoms with Crippen LogP contribution in [0.5, 0.6) is 0 Å². The van der Waals surface area contributed by atoms with Crippen LogP contribution in [0, 0.1) is 0 Å². The predicted molar refractivity (Wildman–Crippen MR) is 111 cm³/mol. The SMILES string of the molecule is CCOC(=O)c1ccc(CC(=O)Cc2ccc(C(=O)c3ccccc3)cc2)cc1. The minimum Gasteiger partial charge on any atom is -0.462 e. The normalized spacial score (nSPS) is 10.4. The molecule has 0 fully saturated rings. The van der Waals surface area contributed by atoms with Crippen LogP contribution >= 0.6 is 0 Å². The van der Waals surface area contributed by atoms with E-state index in [4.69, 9.17) is 4.74 Å². The highest BCUT2D eigenvalue weighted by Gasteiger charge is 2.11. The molecule has 29 heavy (non-hydrogen) atoms. The molecular weight excluding hydrogens is 364 g/mol. The molecule has 0 unspecified atom stereocenters. The van der Waals surface area contributed by atoms with E-state index in [-0.39, 0.29) is 24.0 Å². The summed E-state index contributed by atoms with van der Waals surface area (Å²) in [5.74, 6) is -0.336. The fourth-order valence-electron chi connectivity index (χ4n) is 3.02. The zero-order valence-corrected chi connectivity index (χ0v) is 16.3. The summed E-state index contributed by atoms with van der Waals surface area (Å²) in [5.41, 5.74) is 3.42. The van der Waals surface area contributed by atoms with Gasteiger partial charge in [0.2, 0.25) is 0 Å². The first kappa shape index (κ1) is 20.2. The van der Waals surface area contributed by atoms with Gasteiger partial charge in [-0.05, 0) is 30.2 Å². The number of benzene rings is 3. The molecular formula is C25H22O4. The van der Waals surface area contributed by atoms with Crippen LogP contribution in [0.4, 0.5) is 0 Å². The third-order valence-corrected chi connectivity index (χ3v) is 4.52. The maximum absolute atomic E-state index is 12.4. The van der Waals surface area contributed by atoms with E-state index < -0.39 is 0 Å². The van der Waals surface area contributed by atoms with Crippen molar-refractivity contribution in [3.8, 4) is 0 Å². The average molecular weight is 386 g/mol. The molecule has 0 saturated heterocycles. The second-order valence-electron chi connectivity index (χ2n) is 6.70. The lowest BCUT2D eigenvalue weighted by atomic mass is 9.98. The van der Waals surface area contributed by atoms with E-state index in [1.807, 2.05) is 30.3 Å². The second kappa shape index (κ2) is 9.60. The molecule has 0 aromatic heterocycles. The molecule has 0 radical (unpaired) electrons. The summed E-state index contributed by atoms with van der Waals surface area (Å²) < 4.78 is 4.95. The van der Waals surface area contributed by atoms with E-state index in [1.165, 1.54) is 0 Å². The summed E-state index contributed by atoms with van der Waals surface area (Å²) in [7, 11) is 0. The Kier molecular flexibility index (Phi) is 6.69. The molecule has 3 aromatic rings. The van der Waals surface area contributed by atoms with E-state index in [0.717, 1.165) is 11.1 Å². The average Bonchev–Trinajstić information content (AvgIpc) is 2.75. The van der Waals surface area contributed by atoms with E-state index in [9.17, 15) is 14.4 Å². The van der Waals surface area contributed by atoms with Gasteiger partial charge in [-0.1, -0.05) is 66.7 Å². The van der Waals surface area contributed by atoms with E-state index >= 15 is 0 Å². The number of ether oxygens (including phenoxy) is 1. The number of esters is 1. The van der Waals surface area contributed by atoms with Gasteiger partial charge in [-0.15, -0.1) is 0 Å². The Labute approximate surface area is 170 Å². The summed E-state index contributed by atoms with van der Waals surface area (Å²) in [6.45, 7) is 2.09. The van der Waals surface area contributed by atoms with Crippen LogP contribution in [0.1, 0.15) is 44.3 Å². The summed E-state index contributed by atoms with van der Waals surface area (Å²) in [6, 6.07) is 23.1. The molecule has 0 N–H and O–H groups in total. The van der Waals surface area contributed by atoms with Gasteiger partial charge >= 0.3 is 5.97 Å². The highest BCUT2D eigenvalue weighted by molar-refractivity contribution is 6.09. The van der Waals surface area contributed by atoms with Gasteiger partial charge in [0.25, 0.3) is 0 Å². The Balaban J connectivity index is 1.58. The largest absolute Gasteiger partial charge is 0.462 e. The molecule has 0 spiro atoms. The molecule has 0 heterocycles. The lowest BCUT2D eigenvalue weighted by Gasteiger charge is -2.06. The fraction of sp³-hybridized carbons (Fsp3) is 0.160. The van der Waals surface area contributed by atoms with Crippen LogP contribution in [0.15, 0.2) is 78.9 Å². The third kappa shape index (κ3) is 5.48. The summed E-state index contributed by atoms with van der Waals surface area (Å²) in [6.07, 6.45) is 0.577. The number of rotatable bonds is 8. The van der Waals surface area contributed by atoms with Crippen LogP contribution in [0.25, 0.3) is 0 Å². The van der Waals surface area contributed by atoms with Gasteiger partial charge in [0, 0.05) is 24.0 Å². The number of hydrogen-bond acceptors (Lipinski definition) is 4. The van der Waals surface area contributed by atoms with Crippen LogP contribution in [-0.2, 0) is 22.4 Å². The first-order valence-electron chi connectivity index (χ1n) is 9.53. The van der Waals surface area contributed by atoms with Gasteiger partial charge < -0.3 is 4.74 Å². The van der Waals surface area contributed by atoms with Gasteiger partial charge in [0.15, 0.2) is 5.78 Å². The topological polar surface area (TPSA) is 60.4 Å². The van der Waals surface area contributed by atoms with Gasteiger partial charge in [0.1, 0.15) is 5.78 Å². The predicted octanol–water partition coefficient (Wildman–Crippen LogP) is 4.45. The number of carbonyl (C=O) groups excluding carboxylic acids is 3. The van der Waals surface area contributed by atoms with Crippen LogP contribution in [0.3, 0.4) is 0 Å². The lowest BCUT2D eigenvalue weighted by Crippen LogP contribution is -2.08. The second-order valence-corrected chi connectivity index (χ2v) is 6.70. The van der Waals surface area contributed by atoms with Crippen molar-refractivity contribution in [3.63, 3.8) is 0 Å². The van der Waals surface area contributed by atoms with Crippen molar-refractivity contribution in [2.24, 2.45) is 0 Å². The molecule has 0 aliphatic rings. The van der Waals surface area contributed by atoms with E-state index in [1.54, 1.807) is 55.5 Å². The van der Waals surface area contributed by atoms with Gasteiger partial charge in [-0.25, -0.2) is 4.79 Å². The summed E-state index contributed by atoms with van der Waals surface area (Å²) >= 11 is 0. The van der Waals surface area contributed by atoms with Crippen molar-refractivity contribution >= 4 is 17.5 Å². The lowest BCUT2D eigenvalue weighted by molar-refractivity contribution is -0.117. The van der Waals surface area contributed by atoms with Crippen molar-refractivity contribution in [2.45, 2.75) is 19.8 Å². The highest BCUT2D eigenvalue weighted by Crippen LogP contribution is 2.13. The Morgan fingerprint density at radius 1 is 0.655 bits per heavy atom. The van der Waals surface area contributed by atoms with E-state index in [2.05, 4.69) is 0 Å². The molecule has 4 nitrogen and oxygen atoms in total. The Bertz CT molecular complexity index is 987. The Morgan fingerprint density at radius 3 is 1.66 bits per heavy atom. The molecule has 0 saturated carbocycles. The minimum absolute atomic E-state index is 0.0369. The van der Waals surface area contributed by atoms with E-state index in [0.29, 0.717) is 29.7 Å². The standard InChI is InChI=1S/C25H22O4/c1-2-29-25(28)22-14-10-19(11-15-22)17-23(26)16-18-8-12-21(13-9-18)24(27)20-6-4-3-5-7-20/h3-15H,2,16-17H2,1H3. The maximum atomic E-state index is 12.4. The molecule has 0 bridgehead atoms. The quantitative estimate of drug-likeness (QED) is 0.424. The molecule has 0 aliphatic heterocycles. The van der Waals surface area contributed by atoms with Gasteiger partial charge in [-0.2, -0.15) is 0 Å². The molecule has 0 atom stereocenters. The van der Waals surface area contributed by atoms with Gasteiger partial charge in [-0.3, -0.25) is 9.59 Å². The molecule has 4 heteroatoms.